The Morgan fingerprint density at radius 3 is 2.11 bits per heavy atom. The standard InChI is InChI=1S/C10H21N5O3S/c11-10(12-16)9-13-5-7-15(8-6-13)19(17,18)14-3-1-2-4-14/h16H,1-9H2,(H2,11,12). The Kier molecular flexibility index (Phi) is 4.61. The van der Waals surface area contributed by atoms with Crippen LogP contribution in [0.1, 0.15) is 12.8 Å². The Bertz CT molecular complexity index is 424. The lowest BCUT2D eigenvalue weighted by atomic mass is 10.3. The molecule has 0 radical (unpaired) electrons. The van der Waals surface area contributed by atoms with Gasteiger partial charge in [-0.2, -0.15) is 17.0 Å². The highest BCUT2D eigenvalue weighted by Gasteiger charge is 2.33. The minimum Gasteiger partial charge on any atom is -0.409 e. The number of oxime groups is 1. The van der Waals surface area contributed by atoms with Gasteiger partial charge in [0, 0.05) is 39.3 Å². The fourth-order valence-corrected chi connectivity index (χ4v) is 4.13. The molecular weight excluding hydrogens is 270 g/mol. The van der Waals surface area contributed by atoms with Crippen molar-refractivity contribution in [2.45, 2.75) is 12.8 Å². The average Bonchev–Trinajstić information content (AvgIpc) is 2.94. The van der Waals surface area contributed by atoms with Crippen LogP contribution in [0.5, 0.6) is 0 Å². The fraction of sp³-hybridized carbons (Fsp3) is 0.900. The molecule has 19 heavy (non-hydrogen) atoms. The number of hydrogen-bond acceptors (Lipinski definition) is 5. The normalized spacial score (nSPS) is 24.9. The van der Waals surface area contributed by atoms with Crippen LogP contribution in [0, 0.1) is 0 Å². The minimum absolute atomic E-state index is 0.149. The van der Waals surface area contributed by atoms with Crippen LogP contribution in [0.15, 0.2) is 5.16 Å². The first-order valence-electron chi connectivity index (χ1n) is 6.48. The summed E-state index contributed by atoms with van der Waals surface area (Å²) in [4.78, 5) is 1.98. The highest BCUT2D eigenvalue weighted by Crippen LogP contribution is 2.17. The summed E-state index contributed by atoms with van der Waals surface area (Å²) in [5.74, 6) is 0.149. The van der Waals surface area contributed by atoms with Crippen LogP contribution in [0.2, 0.25) is 0 Å². The number of nitrogens with two attached hydrogens (primary N) is 1. The molecule has 9 heteroatoms. The molecule has 0 aromatic heterocycles. The van der Waals surface area contributed by atoms with Crippen molar-refractivity contribution in [3.8, 4) is 0 Å². The molecule has 0 aliphatic carbocycles. The van der Waals surface area contributed by atoms with E-state index in [0.29, 0.717) is 45.8 Å². The summed E-state index contributed by atoms with van der Waals surface area (Å²) in [6.45, 7) is 3.75. The third-order valence-corrected chi connectivity index (χ3v) is 5.60. The first-order valence-corrected chi connectivity index (χ1v) is 7.87. The quantitative estimate of drug-likeness (QED) is 0.290. The highest BCUT2D eigenvalue weighted by molar-refractivity contribution is 7.86. The number of amidine groups is 1. The molecule has 0 spiro atoms. The van der Waals surface area contributed by atoms with Crippen LogP contribution in [-0.2, 0) is 10.2 Å². The predicted octanol–water partition coefficient (Wildman–Crippen LogP) is -1.31. The van der Waals surface area contributed by atoms with E-state index in [2.05, 4.69) is 5.16 Å². The van der Waals surface area contributed by atoms with E-state index in [1.807, 2.05) is 4.90 Å². The van der Waals surface area contributed by atoms with Crippen molar-refractivity contribution < 1.29 is 13.6 Å². The molecule has 2 aliphatic rings. The number of rotatable bonds is 4. The largest absolute Gasteiger partial charge is 0.409 e. The van der Waals surface area contributed by atoms with E-state index in [1.54, 1.807) is 4.31 Å². The van der Waals surface area contributed by atoms with Crippen molar-refractivity contribution >= 4 is 16.0 Å². The maximum Gasteiger partial charge on any atom is 0.282 e. The van der Waals surface area contributed by atoms with Crippen molar-refractivity contribution in [3.63, 3.8) is 0 Å². The number of hydrogen-bond donors (Lipinski definition) is 2. The van der Waals surface area contributed by atoms with Gasteiger partial charge in [0.25, 0.3) is 10.2 Å². The molecule has 0 bridgehead atoms. The van der Waals surface area contributed by atoms with Gasteiger partial charge in [-0.15, -0.1) is 0 Å². The maximum atomic E-state index is 12.3. The van der Waals surface area contributed by atoms with E-state index in [1.165, 1.54) is 4.31 Å². The summed E-state index contributed by atoms with van der Waals surface area (Å²) in [5, 5.41) is 11.4. The molecule has 8 nitrogen and oxygen atoms in total. The van der Waals surface area contributed by atoms with Gasteiger partial charge in [-0.05, 0) is 12.8 Å². The minimum atomic E-state index is -3.29. The summed E-state index contributed by atoms with van der Waals surface area (Å²) >= 11 is 0. The molecule has 2 fully saturated rings. The van der Waals surface area contributed by atoms with E-state index in [9.17, 15) is 8.42 Å². The zero-order valence-electron chi connectivity index (χ0n) is 10.9. The lowest BCUT2D eigenvalue weighted by molar-refractivity contribution is 0.199. The molecular formula is C10H21N5O3S. The third kappa shape index (κ3) is 3.35. The summed E-state index contributed by atoms with van der Waals surface area (Å²) in [7, 11) is -3.29. The van der Waals surface area contributed by atoms with Crippen LogP contribution in [0.4, 0.5) is 0 Å². The summed E-state index contributed by atoms with van der Waals surface area (Å²) in [5.41, 5.74) is 5.44. The summed E-state index contributed by atoms with van der Waals surface area (Å²) < 4.78 is 27.7. The van der Waals surface area contributed by atoms with Crippen LogP contribution in [0.25, 0.3) is 0 Å². The second-order valence-electron chi connectivity index (χ2n) is 4.88. The molecule has 0 unspecified atom stereocenters. The fourth-order valence-electron chi connectivity index (χ4n) is 2.46. The third-order valence-electron chi connectivity index (χ3n) is 3.56. The van der Waals surface area contributed by atoms with Gasteiger partial charge >= 0.3 is 0 Å². The van der Waals surface area contributed by atoms with Crippen LogP contribution in [0.3, 0.4) is 0 Å². The molecule has 0 saturated carbocycles. The first-order chi connectivity index (χ1) is 9.04. The first kappa shape index (κ1) is 14.5. The van der Waals surface area contributed by atoms with Gasteiger partial charge in [0.1, 0.15) is 0 Å². The molecule has 0 aromatic rings. The van der Waals surface area contributed by atoms with Crippen LogP contribution >= 0.6 is 0 Å². The average molecular weight is 291 g/mol. The van der Waals surface area contributed by atoms with Crippen molar-refractivity contribution in [1.29, 1.82) is 0 Å². The van der Waals surface area contributed by atoms with Gasteiger partial charge in [0.05, 0.1) is 6.54 Å². The molecule has 2 rings (SSSR count). The number of nitrogens with zero attached hydrogens (tertiary/aromatic N) is 4. The molecule has 2 saturated heterocycles. The molecule has 0 atom stereocenters. The SMILES string of the molecule is N/C(CN1CCN(S(=O)(=O)N2CCCC2)CC1)=N\O. The molecule has 110 valence electrons. The Morgan fingerprint density at radius 2 is 1.58 bits per heavy atom. The molecule has 2 aliphatic heterocycles. The zero-order chi connectivity index (χ0) is 13.9. The van der Waals surface area contributed by atoms with Gasteiger partial charge in [-0.3, -0.25) is 4.90 Å². The zero-order valence-corrected chi connectivity index (χ0v) is 11.7. The molecule has 3 N–H and O–H groups in total. The van der Waals surface area contributed by atoms with E-state index in [0.717, 1.165) is 12.8 Å². The summed E-state index contributed by atoms with van der Waals surface area (Å²) in [6, 6.07) is 0. The van der Waals surface area contributed by atoms with E-state index in [-0.39, 0.29) is 5.84 Å². The van der Waals surface area contributed by atoms with E-state index in [4.69, 9.17) is 10.9 Å². The summed E-state index contributed by atoms with van der Waals surface area (Å²) in [6.07, 6.45) is 1.89. The maximum absolute atomic E-state index is 12.3. The van der Waals surface area contributed by atoms with E-state index < -0.39 is 10.2 Å². The molecule has 2 heterocycles. The second kappa shape index (κ2) is 6.04. The van der Waals surface area contributed by atoms with E-state index >= 15 is 0 Å². The van der Waals surface area contributed by atoms with Crippen molar-refractivity contribution in [2.24, 2.45) is 10.9 Å². The van der Waals surface area contributed by atoms with Gasteiger partial charge in [0.15, 0.2) is 5.84 Å². The van der Waals surface area contributed by atoms with Gasteiger partial charge in [-0.25, -0.2) is 0 Å². The Morgan fingerprint density at radius 1 is 1.05 bits per heavy atom. The van der Waals surface area contributed by atoms with Crippen LogP contribution < -0.4 is 5.73 Å². The van der Waals surface area contributed by atoms with Gasteiger partial charge < -0.3 is 10.9 Å². The topological polar surface area (TPSA) is 102 Å². The lowest BCUT2D eigenvalue weighted by Crippen LogP contribution is -2.53. The second-order valence-corrected chi connectivity index (χ2v) is 6.81. The molecule has 0 amide bonds. The molecule has 0 aromatic carbocycles. The smallest absolute Gasteiger partial charge is 0.282 e. The number of piperazine rings is 1. The Hall–Kier alpha value is -0.900. The highest BCUT2D eigenvalue weighted by atomic mass is 32.2. The lowest BCUT2D eigenvalue weighted by Gasteiger charge is -2.35. The monoisotopic (exact) mass is 291 g/mol. The predicted molar refractivity (Wildman–Crippen MR) is 71.1 cm³/mol. The van der Waals surface area contributed by atoms with Crippen molar-refractivity contribution in [2.75, 3.05) is 45.8 Å². The Labute approximate surface area is 113 Å². The van der Waals surface area contributed by atoms with Gasteiger partial charge in [-0.1, -0.05) is 5.16 Å². The van der Waals surface area contributed by atoms with Gasteiger partial charge in [0.2, 0.25) is 0 Å². The Balaban J connectivity index is 1.89. The van der Waals surface area contributed by atoms with Crippen molar-refractivity contribution in [3.05, 3.63) is 0 Å². The van der Waals surface area contributed by atoms with Crippen LogP contribution in [-0.4, -0.2) is 78.8 Å². The van der Waals surface area contributed by atoms with Crippen molar-refractivity contribution in [1.82, 2.24) is 13.5 Å².